The number of carbonyl (C=O) groups excluding carboxylic acids is 1. The number of alkyl halides is 1. The van der Waals surface area contributed by atoms with Gasteiger partial charge in [-0.25, -0.2) is 9.37 Å². The minimum Gasteiger partial charge on any atom is -0.495 e. The van der Waals surface area contributed by atoms with Gasteiger partial charge in [0.05, 0.1) is 48.0 Å². The Kier molecular flexibility index (Phi) is 5.11. The molecule has 0 radical (unpaired) electrons. The van der Waals surface area contributed by atoms with Crippen LogP contribution >= 0.6 is 0 Å². The molecule has 0 aliphatic rings. The Labute approximate surface area is 150 Å². The average Bonchev–Trinajstić information content (AvgIpc) is 2.99. The maximum atomic E-state index is 12.4. The van der Waals surface area contributed by atoms with E-state index in [1.807, 2.05) is 24.5 Å². The van der Waals surface area contributed by atoms with Crippen LogP contribution in [0.15, 0.2) is 24.7 Å². The predicted octanol–water partition coefficient (Wildman–Crippen LogP) is 2.20. The number of nitrogens with one attached hydrogen (secondary N) is 1. The first-order valence-electron chi connectivity index (χ1n) is 8.19. The van der Waals surface area contributed by atoms with E-state index in [1.165, 1.54) is 0 Å². The van der Waals surface area contributed by atoms with E-state index < -0.39 is 6.67 Å². The zero-order valence-corrected chi connectivity index (χ0v) is 14.9. The third-order valence-electron chi connectivity index (χ3n) is 4.04. The van der Waals surface area contributed by atoms with Gasteiger partial charge in [-0.3, -0.25) is 14.8 Å². The molecule has 0 aliphatic heterocycles. The van der Waals surface area contributed by atoms with Crippen molar-refractivity contribution >= 4 is 16.9 Å². The molecule has 8 heteroatoms. The highest BCUT2D eigenvalue weighted by atomic mass is 19.1. The van der Waals surface area contributed by atoms with Crippen molar-refractivity contribution in [1.29, 1.82) is 0 Å². The van der Waals surface area contributed by atoms with Crippen molar-refractivity contribution in [3.63, 3.8) is 0 Å². The number of hydrogen-bond donors (Lipinski definition) is 1. The number of amides is 1. The van der Waals surface area contributed by atoms with Gasteiger partial charge in [-0.1, -0.05) is 0 Å². The Morgan fingerprint density at radius 3 is 2.81 bits per heavy atom. The molecule has 3 aromatic rings. The minimum atomic E-state index is -0.621. The van der Waals surface area contributed by atoms with Crippen LogP contribution in [0, 0.1) is 13.8 Å². The molecule has 136 valence electrons. The molecule has 0 aromatic carbocycles. The van der Waals surface area contributed by atoms with Gasteiger partial charge in [-0.2, -0.15) is 0 Å². The summed E-state index contributed by atoms with van der Waals surface area (Å²) >= 11 is 0. The van der Waals surface area contributed by atoms with Crippen molar-refractivity contribution in [3.8, 4) is 5.75 Å². The fourth-order valence-corrected chi connectivity index (χ4v) is 2.75. The standard InChI is InChI=1S/C18H20FN5O2/c1-11-7-21-15(12(2)23-11)10-24-9-14(18(25)20-5-4-19)17-16(24)6-13(26-3)8-22-17/h6-9H,4-5,10H2,1-3H3,(H,20,25). The number of fused-ring (bicyclic) bond motifs is 1. The largest absolute Gasteiger partial charge is 0.495 e. The van der Waals surface area contributed by atoms with Gasteiger partial charge < -0.3 is 14.6 Å². The lowest BCUT2D eigenvalue weighted by Crippen LogP contribution is -2.25. The van der Waals surface area contributed by atoms with Crippen molar-refractivity contribution in [3.05, 3.63) is 47.3 Å². The van der Waals surface area contributed by atoms with E-state index in [9.17, 15) is 9.18 Å². The summed E-state index contributed by atoms with van der Waals surface area (Å²) in [4.78, 5) is 25.6. The van der Waals surface area contributed by atoms with E-state index >= 15 is 0 Å². The summed E-state index contributed by atoms with van der Waals surface area (Å²) in [7, 11) is 1.56. The molecule has 7 nitrogen and oxygen atoms in total. The molecule has 26 heavy (non-hydrogen) atoms. The van der Waals surface area contributed by atoms with Gasteiger partial charge in [0.15, 0.2) is 0 Å². The van der Waals surface area contributed by atoms with Crippen LogP contribution in [0.1, 0.15) is 27.4 Å². The number of pyridine rings is 1. The molecule has 3 rings (SSSR count). The molecule has 0 saturated carbocycles. The van der Waals surface area contributed by atoms with Crippen LogP contribution < -0.4 is 10.1 Å². The minimum absolute atomic E-state index is 0.0375. The number of rotatable bonds is 6. The maximum absolute atomic E-state index is 12.4. The number of hydrogen-bond acceptors (Lipinski definition) is 5. The van der Waals surface area contributed by atoms with Crippen LogP contribution in [0.3, 0.4) is 0 Å². The second-order valence-electron chi connectivity index (χ2n) is 5.90. The van der Waals surface area contributed by atoms with E-state index in [4.69, 9.17) is 4.74 Å². The van der Waals surface area contributed by atoms with Crippen LogP contribution in [0.5, 0.6) is 5.75 Å². The van der Waals surface area contributed by atoms with Gasteiger partial charge in [-0.15, -0.1) is 0 Å². The molecule has 3 heterocycles. The Hall–Kier alpha value is -3.03. The quantitative estimate of drug-likeness (QED) is 0.731. The number of carbonyl (C=O) groups is 1. The first-order chi connectivity index (χ1) is 12.5. The van der Waals surface area contributed by atoms with E-state index in [1.54, 1.807) is 25.7 Å². The molecule has 0 spiro atoms. The number of methoxy groups -OCH3 is 1. The van der Waals surface area contributed by atoms with E-state index in [0.717, 1.165) is 22.6 Å². The zero-order valence-electron chi connectivity index (χ0n) is 14.9. The van der Waals surface area contributed by atoms with Crippen molar-refractivity contribution in [1.82, 2.24) is 24.8 Å². The van der Waals surface area contributed by atoms with Gasteiger partial charge in [0, 0.05) is 25.0 Å². The summed E-state index contributed by atoms with van der Waals surface area (Å²) < 4.78 is 19.5. The van der Waals surface area contributed by atoms with E-state index in [-0.39, 0.29) is 12.5 Å². The fraction of sp³-hybridized carbons (Fsp3) is 0.333. The Bertz CT molecular complexity index is 954. The number of halogens is 1. The van der Waals surface area contributed by atoms with Gasteiger partial charge in [0.1, 0.15) is 17.9 Å². The van der Waals surface area contributed by atoms with Crippen LogP contribution in [-0.2, 0) is 6.54 Å². The van der Waals surface area contributed by atoms with Crippen LogP contribution in [-0.4, -0.2) is 45.8 Å². The SMILES string of the molecule is COc1cnc2c(C(=O)NCCF)cn(Cc3ncc(C)nc3C)c2c1. The van der Waals surface area contributed by atoms with E-state index in [2.05, 4.69) is 20.3 Å². The molecular formula is C18H20FN5O2. The van der Waals surface area contributed by atoms with Crippen molar-refractivity contribution in [2.24, 2.45) is 0 Å². The van der Waals surface area contributed by atoms with Gasteiger partial charge in [-0.05, 0) is 13.8 Å². The smallest absolute Gasteiger partial charge is 0.255 e. The van der Waals surface area contributed by atoms with Gasteiger partial charge in [0.2, 0.25) is 0 Å². The molecule has 0 unspecified atom stereocenters. The zero-order chi connectivity index (χ0) is 18.7. The molecular weight excluding hydrogens is 337 g/mol. The molecule has 0 atom stereocenters. The summed E-state index contributed by atoms with van der Waals surface area (Å²) in [6, 6.07) is 1.81. The second kappa shape index (κ2) is 7.47. The Balaban J connectivity index is 2.06. The van der Waals surface area contributed by atoms with Gasteiger partial charge >= 0.3 is 0 Å². The number of aromatic nitrogens is 4. The highest BCUT2D eigenvalue weighted by Gasteiger charge is 2.18. The van der Waals surface area contributed by atoms with Gasteiger partial charge in [0.25, 0.3) is 5.91 Å². The third kappa shape index (κ3) is 3.49. The van der Waals surface area contributed by atoms with E-state index in [0.29, 0.717) is 23.4 Å². The van der Waals surface area contributed by atoms with Crippen LogP contribution in [0.2, 0.25) is 0 Å². The maximum Gasteiger partial charge on any atom is 0.255 e. The summed E-state index contributed by atoms with van der Waals surface area (Å²) in [5, 5.41) is 2.54. The highest BCUT2D eigenvalue weighted by molar-refractivity contribution is 6.05. The van der Waals surface area contributed by atoms with Crippen molar-refractivity contribution in [2.45, 2.75) is 20.4 Å². The molecule has 0 saturated heterocycles. The molecule has 0 bridgehead atoms. The van der Waals surface area contributed by atoms with Crippen LogP contribution in [0.4, 0.5) is 4.39 Å². The summed E-state index contributed by atoms with van der Waals surface area (Å²) in [6.45, 7) is 3.56. The average molecular weight is 357 g/mol. The summed E-state index contributed by atoms with van der Waals surface area (Å²) in [6.07, 6.45) is 4.96. The lowest BCUT2D eigenvalue weighted by Gasteiger charge is -2.08. The second-order valence-corrected chi connectivity index (χ2v) is 5.90. The Morgan fingerprint density at radius 2 is 2.12 bits per heavy atom. The monoisotopic (exact) mass is 357 g/mol. The normalized spacial score (nSPS) is 10.9. The first kappa shape index (κ1) is 17.8. The predicted molar refractivity (Wildman–Crippen MR) is 95.2 cm³/mol. The molecule has 3 aromatic heterocycles. The molecule has 1 amide bonds. The number of ether oxygens (including phenoxy) is 1. The Morgan fingerprint density at radius 1 is 1.31 bits per heavy atom. The lowest BCUT2D eigenvalue weighted by atomic mass is 10.2. The van der Waals surface area contributed by atoms with Crippen LogP contribution in [0.25, 0.3) is 11.0 Å². The summed E-state index contributed by atoms with van der Waals surface area (Å²) in [5.41, 5.74) is 4.11. The molecule has 0 fully saturated rings. The third-order valence-corrected chi connectivity index (χ3v) is 4.04. The summed E-state index contributed by atoms with van der Waals surface area (Å²) in [5.74, 6) is 0.218. The highest BCUT2D eigenvalue weighted by Crippen LogP contribution is 2.24. The number of nitrogens with zero attached hydrogens (tertiary/aromatic N) is 4. The van der Waals surface area contributed by atoms with Crippen molar-refractivity contribution in [2.75, 3.05) is 20.3 Å². The molecule has 0 aliphatic carbocycles. The van der Waals surface area contributed by atoms with Crippen molar-refractivity contribution < 1.29 is 13.9 Å². The first-order valence-corrected chi connectivity index (χ1v) is 8.19. The number of aryl methyl sites for hydroxylation is 2. The lowest BCUT2D eigenvalue weighted by molar-refractivity contribution is 0.0952. The topological polar surface area (TPSA) is 81.9 Å². The fourth-order valence-electron chi connectivity index (χ4n) is 2.75. The molecule has 1 N–H and O–H groups in total.